The second-order valence-corrected chi connectivity index (χ2v) is 5.30. The Bertz CT molecular complexity index is 599. The smallest absolute Gasteiger partial charge is 0.221 e. The molecule has 20 heavy (non-hydrogen) atoms. The highest BCUT2D eigenvalue weighted by atomic mass is 32.2. The predicted molar refractivity (Wildman–Crippen MR) is 86.3 cm³/mol. The van der Waals surface area contributed by atoms with Gasteiger partial charge < -0.3 is 10.6 Å². The summed E-state index contributed by atoms with van der Waals surface area (Å²) in [6.07, 6.45) is 2.06. The van der Waals surface area contributed by atoms with Crippen LogP contribution < -0.4 is 10.6 Å². The van der Waals surface area contributed by atoms with Gasteiger partial charge in [0.05, 0.1) is 0 Å². The van der Waals surface area contributed by atoms with Gasteiger partial charge in [0.25, 0.3) is 0 Å². The molecule has 0 bridgehead atoms. The third-order valence-electron chi connectivity index (χ3n) is 2.88. The van der Waals surface area contributed by atoms with Crippen molar-refractivity contribution >= 4 is 29.0 Å². The minimum atomic E-state index is -0.0539. The molecular weight excluding hydrogens is 268 g/mol. The van der Waals surface area contributed by atoms with Crippen LogP contribution in [0.5, 0.6) is 0 Å². The Morgan fingerprint density at radius 1 is 1.15 bits per heavy atom. The van der Waals surface area contributed by atoms with E-state index in [0.29, 0.717) is 6.54 Å². The number of thioether (sulfide) groups is 1. The van der Waals surface area contributed by atoms with Crippen molar-refractivity contribution in [1.29, 1.82) is 0 Å². The van der Waals surface area contributed by atoms with Crippen LogP contribution in [-0.2, 0) is 11.3 Å². The van der Waals surface area contributed by atoms with Gasteiger partial charge in [-0.3, -0.25) is 4.79 Å². The molecule has 2 N–H and O–H groups in total. The number of hydrogen-bond acceptors (Lipinski definition) is 3. The van der Waals surface area contributed by atoms with Gasteiger partial charge in [0, 0.05) is 29.7 Å². The average molecular weight is 286 g/mol. The monoisotopic (exact) mass is 286 g/mol. The number of amides is 1. The van der Waals surface area contributed by atoms with Crippen molar-refractivity contribution < 1.29 is 4.79 Å². The molecular formula is C16H18N2OS. The van der Waals surface area contributed by atoms with Gasteiger partial charge in [0.2, 0.25) is 5.91 Å². The van der Waals surface area contributed by atoms with E-state index in [4.69, 9.17) is 0 Å². The van der Waals surface area contributed by atoms with Crippen LogP contribution in [0.2, 0.25) is 0 Å². The molecule has 0 unspecified atom stereocenters. The van der Waals surface area contributed by atoms with Crippen LogP contribution in [0.1, 0.15) is 12.5 Å². The molecule has 0 heterocycles. The van der Waals surface area contributed by atoms with Crippen molar-refractivity contribution in [1.82, 2.24) is 0 Å². The summed E-state index contributed by atoms with van der Waals surface area (Å²) in [6.45, 7) is 2.19. The first kappa shape index (κ1) is 14.5. The molecule has 2 rings (SSSR count). The zero-order chi connectivity index (χ0) is 14.4. The first-order chi connectivity index (χ1) is 9.69. The number of para-hydroxylation sites is 1. The molecule has 0 fully saturated rings. The van der Waals surface area contributed by atoms with Gasteiger partial charge in [-0.1, -0.05) is 24.3 Å². The zero-order valence-electron chi connectivity index (χ0n) is 11.6. The van der Waals surface area contributed by atoms with Gasteiger partial charge in [0.15, 0.2) is 0 Å². The van der Waals surface area contributed by atoms with E-state index < -0.39 is 0 Å². The van der Waals surface area contributed by atoms with Gasteiger partial charge in [0.1, 0.15) is 0 Å². The van der Waals surface area contributed by atoms with E-state index in [1.807, 2.05) is 36.4 Å². The first-order valence-electron chi connectivity index (χ1n) is 6.42. The second-order valence-electron chi connectivity index (χ2n) is 4.42. The molecule has 104 valence electrons. The molecule has 2 aromatic carbocycles. The maximum absolute atomic E-state index is 11.2. The van der Waals surface area contributed by atoms with Crippen molar-refractivity contribution in [3.05, 3.63) is 54.1 Å². The number of benzene rings is 2. The van der Waals surface area contributed by atoms with E-state index in [9.17, 15) is 4.79 Å². The highest BCUT2D eigenvalue weighted by molar-refractivity contribution is 7.98. The van der Waals surface area contributed by atoms with Gasteiger partial charge in [-0.15, -0.1) is 11.8 Å². The molecule has 0 aromatic heterocycles. The molecule has 0 aliphatic carbocycles. The summed E-state index contributed by atoms with van der Waals surface area (Å²) >= 11 is 1.72. The van der Waals surface area contributed by atoms with E-state index in [-0.39, 0.29) is 5.91 Å². The standard InChI is InChI=1S/C16H18N2OS/c1-12(19)18-16-9-4-3-6-13(16)11-17-14-7-5-8-15(10-14)20-2/h3-10,17H,11H2,1-2H3,(H,18,19). The van der Waals surface area contributed by atoms with Crippen LogP contribution >= 0.6 is 11.8 Å². The van der Waals surface area contributed by atoms with E-state index in [1.165, 1.54) is 11.8 Å². The summed E-state index contributed by atoms with van der Waals surface area (Å²) in [6, 6.07) is 16.1. The van der Waals surface area contributed by atoms with Gasteiger partial charge in [-0.2, -0.15) is 0 Å². The maximum Gasteiger partial charge on any atom is 0.221 e. The number of nitrogens with one attached hydrogen (secondary N) is 2. The van der Waals surface area contributed by atoms with Crippen LogP contribution in [0, 0.1) is 0 Å². The topological polar surface area (TPSA) is 41.1 Å². The molecule has 0 saturated carbocycles. The van der Waals surface area contributed by atoms with Crippen LogP contribution in [0.4, 0.5) is 11.4 Å². The normalized spacial score (nSPS) is 10.1. The summed E-state index contributed by atoms with van der Waals surface area (Å²) in [7, 11) is 0. The lowest BCUT2D eigenvalue weighted by Gasteiger charge is -2.12. The Labute approximate surface area is 123 Å². The Morgan fingerprint density at radius 2 is 1.95 bits per heavy atom. The van der Waals surface area contributed by atoms with Crippen molar-refractivity contribution in [2.24, 2.45) is 0 Å². The molecule has 0 saturated heterocycles. The van der Waals surface area contributed by atoms with Crippen LogP contribution in [0.15, 0.2) is 53.4 Å². The lowest BCUT2D eigenvalue weighted by Crippen LogP contribution is -2.10. The minimum absolute atomic E-state index is 0.0539. The fraction of sp³-hybridized carbons (Fsp3) is 0.188. The maximum atomic E-state index is 11.2. The highest BCUT2D eigenvalue weighted by Crippen LogP contribution is 2.21. The minimum Gasteiger partial charge on any atom is -0.381 e. The predicted octanol–water partition coefficient (Wildman–Crippen LogP) is 3.98. The van der Waals surface area contributed by atoms with Gasteiger partial charge in [-0.05, 0) is 36.1 Å². The summed E-state index contributed by atoms with van der Waals surface area (Å²) in [4.78, 5) is 12.4. The second kappa shape index (κ2) is 7.01. The molecule has 2 aromatic rings. The third-order valence-corrected chi connectivity index (χ3v) is 3.61. The van der Waals surface area contributed by atoms with Crippen molar-refractivity contribution in [2.75, 3.05) is 16.9 Å². The first-order valence-corrected chi connectivity index (χ1v) is 7.65. The van der Waals surface area contributed by atoms with Crippen molar-refractivity contribution in [3.63, 3.8) is 0 Å². The SMILES string of the molecule is CSc1cccc(NCc2ccccc2NC(C)=O)c1. The lowest BCUT2D eigenvalue weighted by atomic mass is 10.1. The third kappa shape index (κ3) is 4.03. The van der Waals surface area contributed by atoms with E-state index in [1.54, 1.807) is 11.8 Å². The molecule has 0 aliphatic rings. The van der Waals surface area contributed by atoms with Crippen LogP contribution in [0.3, 0.4) is 0 Å². The Morgan fingerprint density at radius 3 is 2.70 bits per heavy atom. The Kier molecular flexibility index (Phi) is 5.07. The Balaban J connectivity index is 2.08. The fourth-order valence-corrected chi connectivity index (χ4v) is 2.38. The lowest BCUT2D eigenvalue weighted by molar-refractivity contribution is -0.114. The fourth-order valence-electron chi connectivity index (χ4n) is 1.92. The van der Waals surface area contributed by atoms with E-state index >= 15 is 0 Å². The number of rotatable bonds is 5. The zero-order valence-corrected chi connectivity index (χ0v) is 12.5. The summed E-state index contributed by atoms with van der Waals surface area (Å²) in [5.41, 5.74) is 3.00. The van der Waals surface area contributed by atoms with Crippen molar-refractivity contribution in [3.8, 4) is 0 Å². The molecule has 0 atom stereocenters. The number of hydrogen-bond donors (Lipinski definition) is 2. The summed E-state index contributed by atoms with van der Waals surface area (Å²) in [5.74, 6) is -0.0539. The van der Waals surface area contributed by atoms with Crippen LogP contribution in [-0.4, -0.2) is 12.2 Å². The summed E-state index contributed by atoms with van der Waals surface area (Å²) in [5, 5.41) is 6.23. The molecule has 0 aliphatic heterocycles. The van der Waals surface area contributed by atoms with E-state index in [2.05, 4.69) is 29.0 Å². The Hall–Kier alpha value is -1.94. The highest BCUT2D eigenvalue weighted by Gasteiger charge is 2.03. The van der Waals surface area contributed by atoms with Gasteiger partial charge >= 0.3 is 0 Å². The molecule has 1 amide bonds. The molecule has 0 radical (unpaired) electrons. The number of carbonyl (C=O) groups excluding carboxylic acids is 1. The molecule has 4 heteroatoms. The van der Waals surface area contributed by atoms with Crippen LogP contribution in [0.25, 0.3) is 0 Å². The molecule has 0 spiro atoms. The van der Waals surface area contributed by atoms with Crippen molar-refractivity contribution in [2.45, 2.75) is 18.4 Å². The van der Waals surface area contributed by atoms with E-state index in [0.717, 1.165) is 16.9 Å². The molecule has 3 nitrogen and oxygen atoms in total. The quantitative estimate of drug-likeness (QED) is 0.817. The van der Waals surface area contributed by atoms with Gasteiger partial charge in [-0.25, -0.2) is 0 Å². The largest absolute Gasteiger partial charge is 0.381 e. The number of anilines is 2. The number of carbonyl (C=O) groups is 1. The summed E-state index contributed by atoms with van der Waals surface area (Å²) < 4.78 is 0. The average Bonchev–Trinajstić information content (AvgIpc) is 2.46.